The molecular formula is C23H28N2O6S. The number of carbonyl (C=O) groups excluding carboxylic acids is 1. The number of sulfonamides is 1. The lowest BCUT2D eigenvalue weighted by Gasteiger charge is -2.34. The maximum absolute atomic E-state index is 13.0. The SMILES string of the molecule is Cc1ccc(OCCCC(=O)N2CCN(S(=O)(=O)c3ccc4c(c3)OCCO4)CC2)cc1. The lowest BCUT2D eigenvalue weighted by Crippen LogP contribution is -2.50. The van der Waals surface area contributed by atoms with Crippen LogP contribution in [0.3, 0.4) is 0 Å². The van der Waals surface area contributed by atoms with Crippen LogP contribution in [0.5, 0.6) is 17.2 Å². The highest BCUT2D eigenvalue weighted by molar-refractivity contribution is 7.89. The predicted molar refractivity (Wildman–Crippen MR) is 119 cm³/mol. The van der Waals surface area contributed by atoms with Crippen molar-refractivity contribution in [2.75, 3.05) is 46.0 Å². The quantitative estimate of drug-likeness (QED) is 0.590. The maximum Gasteiger partial charge on any atom is 0.243 e. The molecule has 0 aliphatic carbocycles. The topological polar surface area (TPSA) is 85.4 Å². The molecule has 0 atom stereocenters. The van der Waals surface area contributed by atoms with E-state index in [1.54, 1.807) is 11.0 Å². The van der Waals surface area contributed by atoms with Crippen LogP contribution in [0.1, 0.15) is 18.4 Å². The third-order valence-corrected chi connectivity index (χ3v) is 7.46. The molecule has 2 aliphatic rings. The van der Waals surface area contributed by atoms with Crippen molar-refractivity contribution < 1.29 is 27.4 Å². The summed E-state index contributed by atoms with van der Waals surface area (Å²) < 4.78 is 44.1. The van der Waals surface area contributed by atoms with Crippen molar-refractivity contribution in [1.29, 1.82) is 0 Å². The summed E-state index contributed by atoms with van der Waals surface area (Å²) in [6.45, 7) is 4.62. The first-order chi connectivity index (χ1) is 15.4. The second-order valence-corrected chi connectivity index (χ2v) is 9.79. The van der Waals surface area contributed by atoms with E-state index in [0.29, 0.717) is 57.3 Å². The first-order valence-electron chi connectivity index (χ1n) is 10.8. The van der Waals surface area contributed by atoms with E-state index in [2.05, 4.69) is 0 Å². The van der Waals surface area contributed by atoms with E-state index in [1.807, 2.05) is 31.2 Å². The third kappa shape index (κ3) is 5.16. The Morgan fingerprint density at radius 3 is 2.38 bits per heavy atom. The molecule has 2 heterocycles. The zero-order valence-corrected chi connectivity index (χ0v) is 19.0. The molecule has 0 spiro atoms. The van der Waals surface area contributed by atoms with Gasteiger partial charge in [-0.15, -0.1) is 0 Å². The number of piperazine rings is 1. The van der Waals surface area contributed by atoms with Gasteiger partial charge in [-0.3, -0.25) is 4.79 Å². The molecule has 1 fully saturated rings. The minimum absolute atomic E-state index is 0.0221. The zero-order valence-electron chi connectivity index (χ0n) is 18.2. The number of fused-ring (bicyclic) bond motifs is 1. The van der Waals surface area contributed by atoms with Crippen LogP contribution in [0.15, 0.2) is 47.4 Å². The first-order valence-corrected chi connectivity index (χ1v) is 12.2. The molecule has 1 saturated heterocycles. The van der Waals surface area contributed by atoms with E-state index >= 15 is 0 Å². The highest BCUT2D eigenvalue weighted by Crippen LogP contribution is 2.33. The molecule has 2 aromatic carbocycles. The molecule has 4 rings (SSSR count). The predicted octanol–water partition coefficient (Wildman–Crippen LogP) is 2.46. The van der Waals surface area contributed by atoms with E-state index in [-0.39, 0.29) is 23.9 Å². The van der Waals surface area contributed by atoms with Crippen LogP contribution in [-0.4, -0.2) is 69.5 Å². The van der Waals surface area contributed by atoms with Crippen LogP contribution in [0.4, 0.5) is 0 Å². The summed E-state index contributed by atoms with van der Waals surface area (Å²) >= 11 is 0. The Balaban J connectivity index is 1.25. The largest absolute Gasteiger partial charge is 0.494 e. The molecule has 0 bridgehead atoms. The number of nitrogens with zero attached hydrogens (tertiary/aromatic N) is 2. The monoisotopic (exact) mass is 460 g/mol. The Kier molecular flexibility index (Phi) is 6.86. The molecule has 2 aromatic rings. The molecule has 1 amide bonds. The molecule has 172 valence electrons. The van der Waals surface area contributed by atoms with Crippen molar-refractivity contribution >= 4 is 15.9 Å². The summed E-state index contributed by atoms with van der Waals surface area (Å²) in [4.78, 5) is 14.4. The first kappa shape index (κ1) is 22.4. The summed E-state index contributed by atoms with van der Waals surface area (Å²) in [7, 11) is -3.66. The standard InChI is InChI=1S/C23H28N2O6S/c1-18-4-6-19(7-5-18)29-14-2-3-23(26)24-10-12-25(13-11-24)32(27,28)20-8-9-21-22(17-20)31-16-15-30-21/h4-9,17H,2-3,10-16H2,1H3. The molecule has 8 nitrogen and oxygen atoms in total. The minimum atomic E-state index is -3.66. The van der Waals surface area contributed by atoms with Gasteiger partial charge in [-0.1, -0.05) is 17.7 Å². The van der Waals surface area contributed by atoms with Crippen molar-refractivity contribution in [2.45, 2.75) is 24.7 Å². The van der Waals surface area contributed by atoms with Crippen molar-refractivity contribution in [1.82, 2.24) is 9.21 Å². The molecule has 2 aliphatic heterocycles. The Hall–Kier alpha value is -2.78. The van der Waals surface area contributed by atoms with Gasteiger partial charge in [-0.05, 0) is 37.6 Å². The van der Waals surface area contributed by atoms with Gasteiger partial charge >= 0.3 is 0 Å². The Morgan fingerprint density at radius 1 is 0.969 bits per heavy atom. The number of carbonyl (C=O) groups is 1. The van der Waals surface area contributed by atoms with E-state index in [4.69, 9.17) is 14.2 Å². The fourth-order valence-corrected chi connectivity index (χ4v) is 5.16. The lowest BCUT2D eigenvalue weighted by atomic mass is 10.2. The average molecular weight is 461 g/mol. The fraction of sp³-hybridized carbons (Fsp3) is 0.435. The number of hydrogen-bond acceptors (Lipinski definition) is 6. The number of hydrogen-bond donors (Lipinski definition) is 0. The van der Waals surface area contributed by atoms with Gasteiger partial charge in [-0.25, -0.2) is 8.42 Å². The van der Waals surface area contributed by atoms with Crippen molar-refractivity contribution in [3.05, 3.63) is 48.0 Å². The normalized spacial score (nSPS) is 16.6. The van der Waals surface area contributed by atoms with Crippen LogP contribution in [-0.2, 0) is 14.8 Å². The highest BCUT2D eigenvalue weighted by atomic mass is 32.2. The molecule has 32 heavy (non-hydrogen) atoms. The molecule has 0 radical (unpaired) electrons. The number of amides is 1. The average Bonchev–Trinajstić information content (AvgIpc) is 2.82. The molecule has 0 N–H and O–H groups in total. The molecule has 0 unspecified atom stereocenters. The van der Waals surface area contributed by atoms with Crippen molar-refractivity contribution in [3.63, 3.8) is 0 Å². The molecular weight excluding hydrogens is 432 g/mol. The van der Waals surface area contributed by atoms with Gasteiger partial charge < -0.3 is 19.1 Å². The second-order valence-electron chi connectivity index (χ2n) is 7.86. The summed E-state index contributed by atoms with van der Waals surface area (Å²) in [5, 5.41) is 0. The Labute approximate surface area is 188 Å². The molecule has 9 heteroatoms. The van der Waals surface area contributed by atoms with Gasteiger partial charge in [0.05, 0.1) is 11.5 Å². The van der Waals surface area contributed by atoms with Gasteiger partial charge in [0.15, 0.2) is 11.5 Å². The number of ether oxygens (including phenoxy) is 3. The van der Waals surface area contributed by atoms with Crippen LogP contribution >= 0.6 is 0 Å². The Bertz CT molecular complexity index is 1050. The van der Waals surface area contributed by atoms with E-state index in [1.165, 1.54) is 22.0 Å². The summed E-state index contributed by atoms with van der Waals surface area (Å²) in [6.07, 6.45) is 0.989. The number of aryl methyl sites for hydroxylation is 1. The molecule has 0 saturated carbocycles. The van der Waals surface area contributed by atoms with Crippen molar-refractivity contribution in [2.24, 2.45) is 0 Å². The minimum Gasteiger partial charge on any atom is -0.494 e. The summed E-state index contributed by atoms with van der Waals surface area (Å²) in [5.41, 5.74) is 1.17. The number of rotatable bonds is 7. The van der Waals surface area contributed by atoms with Gasteiger partial charge in [0.1, 0.15) is 19.0 Å². The highest BCUT2D eigenvalue weighted by Gasteiger charge is 2.31. The van der Waals surface area contributed by atoms with Crippen molar-refractivity contribution in [3.8, 4) is 17.2 Å². The summed E-state index contributed by atoms with van der Waals surface area (Å²) in [6, 6.07) is 12.5. The van der Waals surface area contributed by atoms with Crippen LogP contribution in [0, 0.1) is 6.92 Å². The van der Waals surface area contributed by atoms with Crippen LogP contribution < -0.4 is 14.2 Å². The van der Waals surface area contributed by atoms with E-state index in [0.717, 1.165) is 5.75 Å². The smallest absolute Gasteiger partial charge is 0.243 e. The zero-order chi connectivity index (χ0) is 22.6. The van der Waals surface area contributed by atoms with Gasteiger partial charge in [0.25, 0.3) is 0 Å². The van der Waals surface area contributed by atoms with E-state index < -0.39 is 10.0 Å². The fourth-order valence-electron chi connectivity index (χ4n) is 3.72. The van der Waals surface area contributed by atoms with Gasteiger partial charge in [0, 0.05) is 38.7 Å². The van der Waals surface area contributed by atoms with Gasteiger partial charge in [0.2, 0.25) is 15.9 Å². The lowest BCUT2D eigenvalue weighted by molar-refractivity contribution is -0.132. The maximum atomic E-state index is 13.0. The summed E-state index contributed by atoms with van der Waals surface area (Å²) in [5.74, 6) is 1.81. The van der Waals surface area contributed by atoms with E-state index in [9.17, 15) is 13.2 Å². The second kappa shape index (κ2) is 9.79. The van der Waals surface area contributed by atoms with Crippen LogP contribution in [0.2, 0.25) is 0 Å². The number of benzene rings is 2. The van der Waals surface area contributed by atoms with Crippen LogP contribution in [0.25, 0.3) is 0 Å². The molecule has 0 aromatic heterocycles. The van der Waals surface area contributed by atoms with Gasteiger partial charge in [-0.2, -0.15) is 4.31 Å². The Morgan fingerprint density at radius 2 is 1.66 bits per heavy atom. The third-order valence-electron chi connectivity index (χ3n) is 5.57.